The number of aromatic nitrogens is 4. The average Bonchev–Trinajstić information content (AvgIpc) is 2.97. The van der Waals surface area contributed by atoms with Gasteiger partial charge in [-0.3, -0.25) is 4.79 Å². The van der Waals surface area contributed by atoms with Crippen molar-refractivity contribution in [1.29, 1.82) is 0 Å². The average molecular weight is 319 g/mol. The number of nitrogens with one attached hydrogen (secondary N) is 1. The number of nitrogens with zero attached hydrogens (tertiary/aromatic N) is 4. The summed E-state index contributed by atoms with van der Waals surface area (Å²) in [5, 5.41) is 23.7. The van der Waals surface area contributed by atoms with Gasteiger partial charge in [0, 0.05) is 5.56 Å². The molecule has 1 heterocycles. The fraction of sp³-hybridized carbons (Fsp3) is 0.467. The van der Waals surface area contributed by atoms with Crippen LogP contribution in [0.4, 0.5) is 0 Å². The van der Waals surface area contributed by atoms with Crippen LogP contribution in [0, 0.1) is 5.92 Å². The zero-order valence-electron chi connectivity index (χ0n) is 13.4. The first kappa shape index (κ1) is 16.9. The van der Waals surface area contributed by atoms with Gasteiger partial charge in [-0.15, -0.1) is 10.2 Å². The van der Waals surface area contributed by atoms with Crippen LogP contribution in [0.5, 0.6) is 5.75 Å². The fourth-order valence-corrected chi connectivity index (χ4v) is 1.92. The molecule has 0 aliphatic heterocycles. The van der Waals surface area contributed by atoms with Gasteiger partial charge in [-0.25, -0.2) is 0 Å². The van der Waals surface area contributed by atoms with Crippen LogP contribution in [0.1, 0.15) is 13.8 Å². The van der Waals surface area contributed by atoms with Gasteiger partial charge >= 0.3 is 0 Å². The second-order valence-corrected chi connectivity index (χ2v) is 5.52. The van der Waals surface area contributed by atoms with Gasteiger partial charge in [-0.1, -0.05) is 13.8 Å². The van der Waals surface area contributed by atoms with Crippen LogP contribution in [0.15, 0.2) is 24.3 Å². The van der Waals surface area contributed by atoms with E-state index in [1.807, 2.05) is 13.8 Å². The van der Waals surface area contributed by atoms with E-state index in [2.05, 4.69) is 20.7 Å². The summed E-state index contributed by atoms with van der Waals surface area (Å²) in [6, 6.07) is 6.82. The lowest BCUT2D eigenvalue weighted by molar-refractivity contribution is -0.124. The molecule has 1 amide bonds. The van der Waals surface area contributed by atoms with Gasteiger partial charge in [-0.05, 0) is 35.4 Å². The smallest absolute Gasteiger partial charge is 0.258 e. The first-order valence-electron chi connectivity index (χ1n) is 7.37. The highest BCUT2D eigenvalue weighted by atomic mass is 16.5. The summed E-state index contributed by atoms with van der Waals surface area (Å²) in [4.78, 5) is 13.2. The molecule has 8 heteroatoms. The Hall–Kier alpha value is -2.48. The Morgan fingerprint density at radius 1 is 1.35 bits per heavy atom. The first-order chi connectivity index (χ1) is 11.0. The molecule has 0 saturated heterocycles. The number of hydrogen-bond acceptors (Lipinski definition) is 6. The van der Waals surface area contributed by atoms with E-state index in [0.29, 0.717) is 11.6 Å². The second-order valence-electron chi connectivity index (χ2n) is 5.52. The summed E-state index contributed by atoms with van der Waals surface area (Å²) in [5.41, 5.74) is 0.815. The number of tetrazole rings is 1. The van der Waals surface area contributed by atoms with Gasteiger partial charge in [0.15, 0.2) is 6.61 Å². The molecular formula is C15H21N5O3. The van der Waals surface area contributed by atoms with Crippen LogP contribution in [0.2, 0.25) is 0 Å². The third kappa shape index (κ3) is 4.75. The SMILES string of the molecule is CC(C)[C@@H](CO)NC(=O)COc1ccc(-c2nnn(C)n2)cc1. The Balaban J connectivity index is 1.88. The minimum Gasteiger partial charge on any atom is -0.484 e. The summed E-state index contributed by atoms with van der Waals surface area (Å²) < 4.78 is 5.43. The largest absolute Gasteiger partial charge is 0.484 e. The van der Waals surface area contributed by atoms with Crippen LogP contribution in [-0.4, -0.2) is 50.5 Å². The Morgan fingerprint density at radius 3 is 2.57 bits per heavy atom. The van der Waals surface area contributed by atoms with E-state index in [1.54, 1.807) is 31.3 Å². The van der Waals surface area contributed by atoms with E-state index in [0.717, 1.165) is 5.56 Å². The Morgan fingerprint density at radius 2 is 2.04 bits per heavy atom. The maximum absolute atomic E-state index is 11.8. The van der Waals surface area contributed by atoms with Crippen molar-refractivity contribution in [2.45, 2.75) is 19.9 Å². The molecule has 1 aromatic heterocycles. The van der Waals surface area contributed by atoms with Gasteiger partial charge in [-0.2, -0.15) is 4.80 Å². The molecule has 8 nitrogen and oxygen atoms in total. The van der Waals surface area contributed by atoms with Crippen molar-refractivity contribution in [2.24, 2.45) is 13.0 Å². The molecular weight excluding hydrogens is 298 g/mol. The number of hydrogen-bond donors (Lipinski definition) is 2. The van der Waals surface area contributed by atoms with Gasteiger partial charge in [0.05, 0.1) is 19.7 Å². The summed E-state index contributed by atoms with van der Waals surface area (Å²) in [6.07, 6.45) is 0. The lowest BCUT2D eigenvalue weighted by Gasteiger charge is -2.19. The van der Waals surface area contributed by atoms with Crippen molar-refractivity contribution in [3.63, 3.8) is 0 Å². The predicted molar refractivity (Wildman–Crippen MR) is 83.6 cm³/mol. The lowest BCUT2D eigenvalue weighted by atomic mass is 10.1. The molecule has 1 aromatic carbocycles. The topological polar surface area (TPSA) is 102 Å². The van der Waals surface area contributed by atoms with Crippen molar-refractivity contribution < 1.29 is 14.6 Å². The zero-order chi connectivity index (χ0) is 16.8. The molecule has 2 rings (SSSR count). The summed E-state index contributed by atoms with van der Waals surface area (Å²) >= 11 is 0. The molecule has 0 saturated carbocycles. The van der Waals surface area contributed by atoms with E-state index in [-0.39, 0.29) is 31.1 Å². The highest BCUT2D eigenvalue weighted by Gasteiger charge is 2.15. The first-order valence-corrected chi connectivity index (χ1v) is 7.37. The predicted octanol–water partition coefficient (Wildman–Crippen LogP) is 0.389. The van der Waals surface area contributed by atoms with Crippen molar-refractivity contribution in [3.8, 4) is 17.1 Å². The van der Waals surface area contributed by atoms with Crippen LogP contribution in [0.25, 0.3) is 11.4 Å². The molecule has 0 aliphatic rings. The number of aryl methyl sites for hydroxylation is 1. The molecule has 23 heavy (non-hydrogen) atoms. The monoisotopic (exact) mass is 319 g/mol. The third-order valence-electron chi connectivity index (χ3n) is 3.34. The maximum atomic E-state index is 11.8. The van der Waals surface area contributed by atoms with E-state index < -0.39 is 0 Å². The van der Waals surface area contributed by atoms with Gasteiger partial charge < -0.3 is 15.2 Å². The molecule has 0 radical (unpaired) electrons. The minimum absolute atomic E-state index is 0.0940. The quantitative estimate of drug-likeness (QED) is 0.765. The van der Waals surface area contributed by atoms with Crippen molar-refractivity contribution in [1.82, 2.24) is 25.5 Å². The molecule has 0 bridgehead atoms. The molecule has 0 fully saturated rings. The van der Waals surface area contributed by atoms with Crippen LogP contribution in [-0.2, 0) is 11.8 Å². The van der Waals surface area contributed by atoms with Crippen LogP contribution in [0.3, 0.4) is 0 Å². The minimum atomic E-state index is -0.267. The molecule has 1 atom stereocenters. The number of aliphatic hydroxyl groups excluding tert-OH is 1. The highest BCUT2D eigenvalue weighted by molar-refractivity contribution is 5.77. The van der Waals surface area contributed by atoms with Gasteiger partial charge in [0.1, 0.15) is 5.75 Å². The van der Waals surface area contributed by atoms with Gasteiger partial charge in [0.25, 0.3) is 5.91 Å². The number of carbonyl (C=O) groups is 1. The standard InChI is InChI=1S/C15H21N5O3/c1-10(2)13(8-21)16-14(22)9-23-12-6-4-11(5-7-12)15-17-19-20(3)18-15/h4-7,10,13,21H,8-9H2,1-3H3,(H,16,22)/t13-/m1/s1. The van der Waals surface area contributed by atoms with E-state index in [9.17, 15) is 9.90 Å². The van der Waals surface area contributed by atoms with E-state index >= 15 is 0 Å². The Kier molecular flexibility index (Phi) is 5.64. The normalized spacial score (nSPS) is 12.2. The number of aliphatic hydroxyl groups is 1. The van der Waals surface area contributed by atoms with Crippen molar-refractivity contribution in [3.05, 3.63) is 24.3 Å². The number of benzene rings is 1. The fourth-order valence-electron chi connectivity index (χ4n) is 1.92. The lowest BCUT2D eigenvalue weighted by Crippen LogP contribution is -2.43. The zero-order valence-corrected chi connectivity index (χ0v) is 13.4. The molecule has 0 aliphatic carbocycles. The number of ether oxygens (including phenoxy) is 1. The third-order valence-corrected chi connectivity index (χ3v) is 3.34. The maximum Gasteiger partial charge on any atom is 0.258 e. The summed E-state index contributed by atoms with van der Waals surface area (Å²) in [6.45, 7) is 3.66. The number of rotatable bonds is 7. The molecule has 124 valence electrons. The van der Waals surface area contributed by atoms with Crippen molar-refractivity contribution in [2.75, 3.05) is 13.2 Å². The van der Waals surface area contributed by atoms with Crippen molar-refractivity contribution >= 4 is 5.91 Å². The van der Waals surface area contributed by atoms with Crippen LogP contribution < -0.4 is 10.1 Å². The number of amides is 1. The molecule has 2 N–H and O–H groups in total. The van der Waals surface area contributed by atoms with Crippen LogP contribution >= 0.6 is 0 Å². The number of carbonyl (C=O) groups excluding carboxylic acids is 1. The molecule has 0 spiro atoms. The van der Waals surface area contributed by atoms with E-state index in [1.165, 1.54) is 4.80 Å². The molecule has 2 aromatic rings. The Labute approximate surface area is 134 Å². The highest BCUT2D eigenvalue weighted by Crippen LogP contribution is 2.18. The summed E-state index contributed by atoms with van der Waals surface area (Å²) in [7, 11) is 1.70. The summed E-state index contributed by atoms with van der Waals surface area (Å²) in [5.74, 6) is 0.984. The molecule has 0 unspecified atom stereocenters. The Bertz CT molecular complexity index is 639. The second kappa shape index (κ2) is 7.68. The van der Waals surface area contributed by atoms with Gasteiger partial charge in [0.2, 0.25) is 5.82 Å². The van der Waals surface area contributed by atoms with E-state index in [4.69, 9.17) is 4.74 Å².